The van der Waals surface area contributed by atoms with Crippen LogP contribution in [0.25, 0.3) is 0 Å². The Kier molecular flexibility index (Phi) is 23.2. The Bertz CT molecular complexity index is 2570. The van der Waals surface area contributed by atoms with Crippen molar-refractivity contribution in [1.29, 1.82) is 0 Å². The fraction of sp³-hybridized carbons (Fsp3) is 0.443. The summed E-state index contributed by atoms with van der Waals surface area (Å²) in [7, 11) is -28.7. The van der Waals surface area contributed by atoms with Gasteiger partial charge in [0.25, 0.3) is 0 Å². The van der Waals surface area contributed by atoms with Gasteiger partial charge in [-0.05, 0) is 148 Å². The molecule has 5 rings (SSSR count). The average Bonchev–Trinajstić information content (AvgIpc) is 3.39. The minimum atomic E-state index is -3.48. The molecule has 0 saturated carbocycles. The fourth-order valence-corrected chi connectivity index (χ4v) is 54.9. The molecule has 0 radical (unpaired) electrons. The molecule has 5 aromatic rings. The molecule has 2 atom stereocenters. The van der Waals surface area contributed by atoms with E-state index in [1.807, 2.05) is 17.5 Å². The third-order valence-corrected chi connectivity index (χ3v) is 58.6. The van der Waals surface area contributed by atoms with Crippen molar-refractivity contribution in [3.63, 3.8) is 0 Å². The van der Waals surface area contributed by atoms with Crippen molar-refractivity contribution in [2.45, 2.75) is 173 Å². The number of rotatable bonds is 32. The van der Waals surface area contributed by atoms with Crippen LogP contribution in [0, 0.1) is 0 Å². The molecule has 0 aromatic heterocycles. The molecule has 79 heavy (non-hydrogen) atoms. The lowest BCUT2D eigenvalue weighted by Crippen LogP contribution is -2.71. The second kappa shape index (κ2) is 27.2. The Labute approximate surface area is 492 Å². The van der Waals surface area contributed by atoms with Crippen molar-refractivity contribution in [2.24, 2.45) is 0 Å². The molecule has 0 bridgehead atoms. The van der Waals surface area contributed by atoms with E-state index in [0.29, 0.717) is 5.54 Å². The second-order valence-electron chi connectivity index (χ2n) is 27.3. The molecule has 0 heterocycles. The Morgan fingerprint density at radius 3 is 0.899 bits per heavy atom. The first-order chi connectivity index (χ1) is 36.6. The van der Waals surface area contributed by atoms with Gasteiger partial charge in [-0.3, -0.25) is 0 Å². The van der Waals surface area contributed by atoms with Crippen LogP contribution in [0.1, 0.15) is 26.7 Å². The third-order valence-electron chi connectivity index (χ3n) is 16.0. The molecule has 432 valence electrons. The molecule has 0 fully saturated rings. The number of hydrogen-bond acceptors (Lipinski definition) is 7. The van der Waals surface area contributed by atoms with Crippen LogP contribution in [0.5, 0.6) is 0 Å². The van der Waals surface area contributed by atoms with E-state index >= 15 is 0 Å². The molecule has 18 heteroatoms. The Balaban J connectivity index is 1.50. The minimum absolute atomic E-state index is 0.267. The van der Waals surface area contributed by atoms with Crippen LogP contribution in [0.4, 0.5) is 0 Å². The quantitative estimate of drug-likeness (QED) is 0.0398. The molecule has 7 nitrogen and oxygen atoms in total. The topological polar surface area (TPSA) is 64.6 Å². The summed E-state index contributed by atoms with van der Waals surface area (Å²) in [6.45, 7) is 53.6. The number of benzene rings is 5. The molecule has 0 amide bonds. The third kappa shape index (κ3) is 19.1. The number of hydrogen-bond donors (Lipinski definition) is 0. The van der Waals surface area contributed by atoms with E-state index < -0.39 is 92.2 Å². The van der Waals surface area contributed by atoms with Gasteiger partial charge >= 0.3 is 25.9 Å². The summed E-state index contributed by atoms with van der Waals surface area (Å²) in [6.07, 6.45) is 2.14. The van der Waals surface area contributed by atoms with Crippen LogP contribution in [0.3, 0.4) is 0 Å². The van der Waals surface area contributed by atoms with E-state index in [4.69, 9.17) is 28.8 Å². The molecule has 0 aliphatic heterocycles. The maximum atomic E-state index is 8.12. The zero-order valence-electron chi connectivity index (χ0n) is 52.3. The van der Waals surface area contributed by atoms with Crippen LogP contribution < -0.4 is 25.9 Å². The van der Waals surface area contributed by atoms with Crippen LogP contribution in [0.2, 0.25) is 147 Å². The van der Waals surface area contributed by atoms with Crippen molar-refractivity contribution < 1.29 is 28.8 Å². The highest BCUT2D eigenvalue weighted by Crippen LogP contribution is 2.38. The Morgan fingerprint density at radius 2 is 0.595 bits per heavy atom. The van der Waals surface area contributed by atoms with Crippen molar-refractivity contribution in [2.75, 3.05) is 0 Å². The average molecular weight is 1260 g/mol. The second-order valence-corrected chi connectivity index (χ2v) is 72.7. The molecule has 0 saturated heterocycles. The van der Waals surface area contributed by atoms with Crippen molar-refractivity contribution >= 4 is 118 Å². The summed E-state index contributed by atoms with van der Waals surface area (Å²) in [5.74, 6) is 0. The predicted octanol–water partition coefficient (Wildman–Crippen LogP) is 15.2. The van der Waals surface area contributed by atoms with Gasteiger partial charge in [0, 0.05) is 13.3 Å². The van der Waals surface area contributed by atoms with Gasteiger partial charge < -0.3 is 28.8 Å². The first kappa shape index (κ1) is 67.5. The maximum Gasteiger partial charge on any atom is 0.506 e. The SMILES string of the molecule is C=C[Si](C)(C)O[Si](O[Si](C)(C)C=C)(O[Si](C)(C)CCC(C)[Si](C)(C)O[Si](O[Si](C)(C)CC[Si](C)(C)O[Si](O[Si](C)(C)CCC(C)[Si](C)(C)C)(c1ccccc1)c1ccccc1)(c1ccccc1)c1ccccc1)c1ccccc1. The van der Waals surface area contributed by atoms with E-state index in [9.17, 15) is 0 Å². The van der Waals surface area contributed by atoms with Crippen molar-refractivity contribution in [3.05, 3.63) is 176 Å². The highest BCUT2D eigenvalue weighted by molar-refractivity contribution is 7.04. The predicted molar refractivity (Wildman–Crippen MR) is 369 cm³/mol. The van der Waals surface area contributed by atoms with E-state index in [1.165, 1.54) is 16.8 Å². The summed E-state index contributed by atoms with van der Waals surface area (Å²) in [4.78, 5) is 0. The molecule has 0 aliphatic rings. The van der Waals surface area contributed by atoms with Crippen LogP contribution in [0.15, 0.2) is 176 Å². The smallest absolute Gasteiger partial charge is 0.430 e. The highest BCUT2D eigenvalue weighted by Gasteiger charge is 2.56. The summed E-state index contributed by atoms with van der Waals surface area (Å²) in [6, 6.07) is 58.1. The first-order valence-corrected chi connectivity index (χ1v) is 59.4. The summed E-state index contributed by atoms with van der Waals surface area (Å²) in [5, 5.41) is 5.69. The highest BCUT2D eigenvalue weighted by atomic mass is 28.5. The monoisotopic (exact) mass is 1250 g/mol. The molecule has 0 aliphatic carbocycles. The first-order valence-electron chi connectivity index (χ1n) is 29.0. The van der Waals surface area contributed by atoms with E-state index in [0.717, 1.165) is 46.2 Å². The van der Waals surface area contributed by atoms with Gasteiger partial charge in [0.2, 0.25) is 16.6 Å². The van der Waals surface area contributed by atoms with E-state index in [-0.39, 0.29) is 5.54 Å². The van der Waals surface area contributed by atoms with Crippen LogP contribution >= 0.6 is 0 Å². The molecular weight excluding hydrogens is 1150 g/mol. The van der Waals surface area contributed by atoms with Gasteiger partial charge in [0.1, 0.15) is 0 Å². The van der Waals surface area contributed by atoms with Gasteiger partial charge in [0.05, 0.1) is 0 Å². The fourth-order valence-electron chi connectivity index (χ4n) is 9.85. The zero-order valence-corrected chi connectivity index (χ0v) is 63.3. The summed E-state index contributed by atoms with van der Waals surface area (Å²) in [5.41, 5.74) is 4.97. The molecule has 0 spiro atoms. The van der Waals surface area contributed by atoms with Crippen molar-refractivity contribution in [3.8, 4) is 0 Å². The Morgan fingerprint density at radius 1 is 0.329 bits per heavy atom. The summed E-state index contributed by atoms with van der Waals surface area (Å²) >= 11 is 0. The van der Waals surface area contributed by atoms with Gasteiger partial charge in [-0.15, -0.1) is 13.2 Å². The Hall–Kier alpha value is -2.31. The van der Waals surface area contributed by atoms with Crippen molar-refractivity contribution in [1.82, 2.24) is 0 Å². The normalized spacial score (nSPS) is 14.7. The molecule has 0 N–H and O–H groups in total. The lowest BCUT2D eigenvalue weighted by molar-refractivity contribution is 0.273. The largest absolute Gasteiger partial charge is 0.506 e. The van der Waals surface area contributed by atoms with Gasteiger partial charge in [0.15, 0.2) is 41.6 Å². The van der Waals surface area contributed by atoms with E-state index in [1.54, 1.807) is 0 Å². The van der Waals surface area contributed by atoms with Crippen LogP contribution in [-0.2, 0) is 28.8 Å². The van der Waals surface area contributed by atoms with E-state index in [2.05, 4.69) is 284 Å². The van der Waals surface area contributed by atoms with Gasteiger partial charge in [-0.1, -0.05) is 209 Å². The van der Waals surface area contributed by atoms with Crippen LogP contribution in [-0.4, -0.2) is 92.2 Å². The standard InChI is InChI=1S/C61H102O7Si11/c1-22-70(8,9)65-79(66-71(10,11)23-2,61-47-37-28-38-48-61)67-73(14,15)52-50-56(4)76(20,21)68-78(59-43-33-26-34-44-59,60-45-35-27-36-46-60)64-75(18,19)54-53-74(16,17)63-77(57-39-29-24-30-40-57,58-41-31-25-32-42-58)62-72(12,13)51-49-55(3)69(5,6)7/h22-48,55-56H,1-2,49-54H2,3-21H3. The summed E-state index contributed by atoms with van der Waals surface area (Å²) < 4.78 is 54.3. The lowest BCUT2D eigenvalue weighted by Gasteiger charge is -2.46. The molecule has 5 aromatic carbocycles. The van der Waals surface area contributed by atoms with Gasteiger partial charge in [-0.2, -0.15) is 0 Å². The zero-order chi connectivity index (χ0) is 58.8. The molecule has 2 unspecified atom stereocenters. The minimum Gasteiger partial charge on any atom is -0.430 e. The lowest BCUT2D eigenvalue weighted by atomic mass is 10.4. The maximum absolute atomic E-state index is 8.12. The van der Waals surface area contributed by atoms with Gasteiger partial charge in [-0.25, -0.2) is 0 Å². The molecular formula is C61H102O7Si11.